The van der Waals surface area contributed by atoms with Gasteiger partial charge in [0.1, 0.15) is 17.6 Å². The summed E-state index contributed by atoms with van der Waals surface area (Å²) in [6.45, 7) is 5.33. The van der Waals surface area contributed by atoms with E-state index in [1.54, 1.807) is 56.3 Å². The number of hydrazone groups is 1. The Labute approximate surface area is 202 Å². The third-order valence-corrected chi connectivity index (χ3v) is 7.05. The molecule has 0 aliphatic heterocycles. The summed E-state index contributed by atoms with van der Waals surface area (Å²) in [5.41, 5.74) is 3.92. The molecule has 2 N–H and O–H groups in total. The maximum Gasteiger partial charge on any atom is 0.258 e. The molecule has 7 nitrogen and oxygen atoms in total. The number of sulfonamides is 1. The zero-order chi connectivity index (χ0) is 24.2. The van der Waals surface area contributed by atoms with Crippen LogP contribution in [-0.2, 0) is 14.8 Å². The zero-order valence-electron chi connectivity index (χ0n) is 18.2. The molecule has 0 aliphatic carbocycles. The standard InChI is InChI=1S/C23H23Cl2N3O4S/c1-14(2)22(28-33(30,31)17-10-7-15(3)8-11-17)23(29)27-26-13-16-9-12-20(32-16)18-5-4-6-19(24)21(18)25/h4-14,22,28H,1-3H3,(H,27,29)/b26-13-/t22-/m0/s1. The normalized spacial score (nSPS) is 12.9. The SMILES string of the molecule is Cc1ccc(S(=O)(=O)N[C@H](C(=O)N/N=C\c2ccc(-c3cccc(Cl)c3Cl)o2)C(C)C)cc1. The second-order valence-corrected chi connectivity index (χ2v) is 10.2. The molecular weight excluding hydrogens is 485 g/mol. The van der Waals surface area contributed by atoms with E-state index in [1.807, 2.05) is 6.92 Å². The van der Waals surface area contributed by atoms with Crippen molar-refractivity contribution >= 4 is 45.3 Å². The van der Waals surface area contributed by atoms with Crippen LogP contribution in [0, 0.1) is 12.8 Å². The first-order chi connectivity index (χ1) is 15.6. The molecule has 174 valence electrons. The van der Waals surface area contributed by atoms with Crippen molar-refractivity contribution in [3.8, 4) is 11.3 Å². The summed E-state index contributed by atoms with van der Waals surface area (Å²) in [6, 6.07) is 13.9. The Morgan fingerprint density at radius 3 is 2.42 bits per heavy atom. The van der Waals surface area contributed by atoms with Gasteiger partial charge in [0.05, 0.1) is 21.2 Å². The summed E-state index contributed by atoms with van der Waals surface area (Å²) in [5.74, 6) is -0.0638. The van der Waals surface area contributed by atoms with Crippen molar-refractivity contribution < 1.29 is 17.6 Å². The molecule has 0 radical (unpaired) electrons. The van der Waals surface area contributed by atoms with Gasteiger partial charge in [-0.2, -0.15) is 9.82 Å². The lowest BCUT2D eigenvalue weighted by Crippen LogP contribution is -2.48. The molecule has 1 heterocycles. The van der Waals surface area contributed by atoms with Gasteiger partial charge in [-0.25, -0.2) is 13.8 Å². The summed E-state index contributed by atoms with van der Waals surface area (Å²) in [5, 5.41) is 4.66. The summed E-state index contributed by atoms with van der Waals surface area (Å²) < 4.78 is 33.5. The Kier molecular flexibility index (Phi) is 7.97. The average molecular weight is 508 g/mol. The number of nitrogens with zero attached hydrogens (tertiary/aromatic N) is 1. The van der Waals surface area contributed by atoms with E-state index in [-0.39, 0.29) is 10.8 Å². The van der Waals surface area contributed by atoms with E-state index in [9.17, 15) is 13.2 Å². The lowest BCUT2D eigenvalue weighted by atomic mass is 10.1. The topological polar surface area (TPSA) is 101 Å². The molecule has 3 rings (SSSR count). The van der Waals surface area contributed by atoms with E-state index in [4.69, 9.17) is 27.6 Å². The van der Waals surface area contributed by atoms with Crippen molar-refractivity contribution in [1.29, 1.82) is 0 Å². The smallest absolute Gasteiger partial charge is 0.258 e. The van der Waals surface area contributed by atoms with E-state index in [2.05, 4.69) is 15.2 Å². The molecule has 0 bridgehead atoms. The van der Waals surface area contributed by atoms with E-state index >= 15 is 0 Å². The Morgan fingerprint density at radius 1 is 1.06 bits per heavy atom. The van der Waals surface area contributed by atoms with E-state index in [0.29, 0.717) is 27.1 Å². The molecule has 0 fully saturated rings. The number of carbonyl (C=O) groups excluding carboxylic acids is 1. The number of rotatable bonds is 8. The number of benzene rings is 2. The van der Waals surface area contributed by atoms with Crippen LogP contribution in [0.1, 0.15) is 25.2 Å². The number of furan rings is 1. The Balaban J connectivity index is 1.68. The second-order valence-electron chi connectivity index (χ2n) is 7.69. The number of aryl methyl sites for hydroxylation is 1. The summed E-state index contributed by atoms with van der Waals surface area (Å²) in [6.07, 6.45) is 1.31. The monoisotopic (exact) mass is 507 g/mol. The number of carbonyl (C=O) groups is 1. The average Bonchev–Trinajstić information content (AvgIpc) is 3.22. The van der Waals surface area contributed by atoms with Crippen molar-refractivity contribution in [3.05, 3.63) is 76.0 Å². The third-order valence-electron chi connectivity index (χ3n) is 4.77. The number of halogens is 2. The van der Waals surface area contributed by atoms with Gasteiger partial charge in [0.25, 0.3) is 5.91 Å². The van der Waals surface area contributed by atoms with Gasteiger partial charge in [0.15, 0.2) is 0 Å². The fraction of sp³-hybridized carbons (Fsp3) is 0.217. The van der Waals surface area contributed by atoms with Crippen LogP contribution in [-0.4, -0.2) is 26.6 Å². The predicted octanol–water partition coefficient (Wildman–Crippen LogP) is 5.02. The molecule has 0 saturated carbocycles. The van der Waals surface area contributed by atoms with Crippen molar-refractivity contribution in [2.75, 3.05) is 0 Å². The highest BCUT2D eigenvalue weighted by Gasteiger charge is 2.28. The van der Waals surface area contributed by atoms with Crippen LogP contribution in [0.25, 0.3) is 11.3 Å². The number of amides is 1. The van der Waals surface area contributed by atoms with E-state index in [1.165, 1.54) is 18.3 Å². The summed E-state index contributed by atoms with van der Waals surface area (Å²) in [7, 11) is -3.88. The maximum atomic E-state index is 12.7. The minimum Gasteiger partial charge on any atom is -0.455 e. The van der Waals surface area contributed by atoms with Crippen LogP contribution in [0.3, 0.4) is 0 Å². The van der Waals surface area contributed by atoms with Crippen LogP contribution in [0.15, 0.2) is 69.0 Å². The van der Waals surface area contributed by atoms with Gasteiger partial charge in [-0.05, 0) is 49.2 Å². The molecule has 0 spiro atoms. The van der Waals surface area contributed by atoms with E-state index in [0.717, 1.165) is 5.56 Å². The molecule has 1 amide bonds. The first-order valence-corrected chi connectivity index (χ1v) is 12.3. The highest BCUT2D eigenvalue weighted by molar-refractivity contribution is 7.89. The lowest BCUT2D eigenvalue weighted by Gasteiger charge is -2.20. The van der Waals surface area contributed by atoms with Crippen molar-refractivity contribution in [1.82, 2.24) is 10.1 Å². The predicted molar refractivity (Wildman–Crippen MR) is 130 cm³/mol. The van der Waals surface area contributed by atoms with E-state index < -0.39 is 22.0 Å². The Morgan fingerprint density at radius 2 is 1.76 bits per heavy atom. The quantitative estimate of drug-likeness (QED) is 0.330. The van der Waals surface area contributed by atoms with Gasteiger partial charge in [-0.3, -0.25) is 4.79 Å². The first-order valence-electron chi connectivity index (χ1n) is 10.0. The van der Waals surface area contributed by atoms with Gasteiger partial charge >= 0.3 is 0 Å². The molecule has 10 heteroatoms. The van der Waals surface area contributed by atoms with Crippen LogP contribution in [0.5, 0.6) is 0 Å². The second kappa shape index (κ2) is 10.5. The molecule has 33 heavy (non-hydrogen) atoms. The molecule has 0 unspecified atom stereocenters. The third kappa shape index (κ3) is 6.23. The van der Waals surface area contributed by atoms with Gasteiger partial charge in [0.2, 0.25) is 10.0 Å². The minimum atomic E-state index is -3.88. The maximum absolute atomic E-state index is 12.7. The molecule has 0 saturated heterocycles. The largest absolute Gasteiger partial charge is 0.455 e. The number of hydrogen-bond donors (Lipinski definition) is 2. The molecular formula is C23H23Cl2N3O4S. The van der Waals surface area contributed by atoms with Crippen molar-refractivity contribution in [2.24, 2.45) is 11.0 Å². The Bertz CT molecular complexity index is 1270. The molecule has 0 aliphatic rings. The summed E-state index contributed by atoms with van der Waals surface area (Å²) in [4.78, 5) is 12.7. The lowest BCUT2D eigenvalue weighted by molar-refractivity contribution is -0.123. The number of hydrogen-bond acceptors (Lipinski definition) is 5. The van der Waals surface area contributed by atoms with Gasteiger partial charge in [-0.15, -0.1) is 0 Å². The van der Waals surface area contributed by atoms with Gasteiger partial charge in [-0.1, -0.05) is 60.8 Å². The highest BCUT2D eigenvalue weighted by atomic mass is 35.5. The van der Waals surface area contributed by atoms with Crippen molar-refractivity contribution in [2.45, 2.75) is 31.7 Å². The molecule has 3 aromatic rings. The molecule has 2 aromatic carbocycles. The highest BCUT2D eigenvalue weighted by Crippen LogP contribution is 2.34. The van der Waals surface area contributed by atoms with Crippen LogP contribution >= 0.6 is 23.2 Å². The first kappa shape index (κ1) is 25.0. The molecule has 1 aromatic heterocycles. The fourth-order valence-corrected chi connectivity index (χ4v) is 4.67. The van der Waals surface area contributed by atoms with Gasteiger partial charge < -0.3 is 4.42 Å². The molecule has 1 atom stereocenters. The summed E-state index contributed by atoms with van der Waals surface area (Å²) >= 11 is 12.3. The van der Waals surface area contributed by atoms with Crippen LogP contribution < -0.4 is 10.1 Å². The zero-order valence-corrected chi connectivity index (χ0v) is 20.5. The van der Waals surface area contributed by atoms with Crippen molar-refractivity contribution in [3.63, 3.8) is 0 Å². The van der Waals surface area contributed by atoms with Crippen LogP contribution in [0.2, 0.25) is 10.0 Å². The fourth-order valence-electron chi connectivity index (χ4n) is 2.94. The van der Waals surface area contributed by atoms with Gasteiger partial charge in [0, 0.05) is 5.56 Å². The number of nitrogens with one attached hydrogen (secondary N) is 2. The minimum absolute atomic E-state index is 0.0813. The Hall–Kier alpha value is -2.65. The van der Waals surface area contributed by atoms with Crippen LogP contribution in [0.4, 0.5) is 0 Å².